The number of hydrogen-bond donors (Lipinski definition) is 1. The summed E-state index contributed by atoms with van der Waals surface area (Å²) >= 11 is 0. The highest BCUT2D eigenvalue weighted by molar-refractivity contribution is 7.90. The second-order valence-corrected chi connectivity index (χ2v) is 4.43. The molecule has 0 radical (unpaired) electrons. The quantitative estimate of drug-likeness (QED) is 0.755. The molecule has 7 heteroatoms. The van der Waals surface area contributed by atoms with Crippen molar-refractivity contribution in [1.82, 2.24) is 0 Å². The fourth-order valence-corrected chi connectivity index (χ4v) is 2.50. The van der Waals surface area contributed by atoms with E-state index < -0.39 is 32.4 Å². The Bertz CT molecular complexity index is 591. The van der Waals surface area contributed by atoms with Gasteiger partial charge in [-0.25, -0.2) is 9.18 Å². The van der Waals surface area contributed by atoms with Gasteiger partial charge in [0.15, 0.2) is 5.71 Å². The highest BCUT2D eigenvalue weighted by atomic mass is 32.2. The molecule has 1 aromatic rings. The van der Waals surface area contributed by atoms with Crippen LogP contribution >= 0.6 is 0 Å². The third kappa shape index (κ3) is 1.40. The van der Waals surface area contributed by atoms with Gasteiger partial charge in [0.05, 0.1) is 0 Å². The first kappa shape index (κ1) is 9.78. The van der Waals surface area contributed by atoms with Gasteiger partial charge in [0.2, 0.25) is 0 Å². The second-order valence-electron chi connectivity index (χ2n) is 2.86. The zero-order valence-corrected chi connectivity index (χ0v) is 7.95. The van der Waals surface area contributed by atoms with Crippen molar-refractivity contribution < 1.29 is 22.7 Å². The van der Waals surface area contributed by atoms with Gasteiger partial charge < -0.3 is 5.11 Å². The molecular weight excluding hydrogens is 225 g/mol. The predicted molar refractivity (Wildman–Crippen MR) is 47.8 cm³/mol. The maximum absolute atomic E-state index is 12.8. The van der Waals surface area contributed by atoms with Gasteiger partial charge in [-0.2, -0.15) is 12.8 Å². The van der Waals surface area contributed by atoms with Crippen molar-refractivity contribution in [1.29, 1.82) is 0 Å². The minimum atomic E-state index is -4.06. The molecule has 1 N–H and O–H groups in total. The Morgan fingerprint density at radius 1 is 1.40 bits per heavy atom. The molecular formula is C8H4FNO4S. The van der Waals surface area contributed by atoms with Gasteiger partial charge in [-0.05, 0) is 18.2 Å². The Kier molecular flexibility index (Phi) is 1.87. The Labute approximate surface area is 83.9 Å². The number of aliphatic carboxylic acids is 1. The molecule has 0 bridgehead atoms. The first-order valence-corrected chi connectivity index (χ1v) is 5.24. The van der Waals surface area contributed by atoms with E-state index in [4.69, 9.17) is 5.11 Å². The Hall–Kier alpha value is -1.76. The number of halogens is 1. The normalized spacial score (nSPS) is 17.0. The molecule has 5 nitrogen and oxygen atoms in total. The molecule has 0 aromatic heterocycles. The summed E-state index contributed by atoms with van der Waals surface area (Å²) in [6.07, 6.45) is 0. The first-order valence-electron chi connectivity index (χ1n) is 3.80. The van der Waals surface area contributed by atoms with E-state index in [-0.39, 0.29) is 5.56 Å². The molecule has 0 spiro atoms. The molecule has 1 aliphatic heterocycles. The van der Waals surface area contributed by atoms with E-state index in [0.717, 1.165) is 18.2 Å². The van der Waals surface area contributed by atoms with Crippen LogP contribution in [0.4, 0.5) is 4.39 Å². The van der Waals surface area contributed by atoms with Crippen molar-refractivity contribution in [2.75, 3.05) is 0 Å². The molecule has 0 saturated heterocycles. The summed E-state index contributed by atoms with van der Waals surface area (Å²) in [6.45, 7) is 0. The Morgan fingerprint density at radius 3 is 2.67 bits per heavy atom. The zero-order valence-electron chi connectivity index (χ0n) is 7.14. The van der Waals surface area contributed by atoms with Crippen LogP contribution in [-0.2, 0) is 14.8 Å². The lowest BCUT2D eigenvalue weighted by atomic mass is 10.1. The number of carbonyl (C=O) groups is 1. The minimum Gasteiger partial charge on any atom is -0.476 e. The predicted octanol–water partition coefficient (Wildman–Crippen LogP) is 0.402. The molecule has 78 valence electrons. The minimum absolute atomic E-state index is 0.0797. The van der Waals surface area contributed by atoms with Crippen LogP contribution in [0, 0.1) is 5.82 Å². The van der Waals surface area contributed by atoms with Gasteiger partial charge in [-0.3, -0.25) is 0 Å². The molecule has 15 heavy (non-hydrogen) atoms. The summed E-state index contributed by atoms with van der Waals surface area (Å²) < 4.78 is 38.4. The topological polar surface area (TPSA) is 83.8 Å². The largest absolute Gasteiger partial charge is 0.476 e. The van der Waals surface area contributed by atoms with Crippen LogP contribution in [0.15, 0.2) is 27.5 Å². The summed E-state index contributed by atoms with van der Waals surface area (Å²) in [6, 6.07) is 2.82. The highest BCUT2D eigenvalue weighted by Crippen LogP contribution is 2.26. The molecule has 0 fully saturated rings. The monoisotopic (exact) mass is 229 g/mol. The number of rotatable bonds is 1. The summed E-state index contributed by atoms with van der Waals surface area (Å²) in [7, 11) is -4.06. The van der Waals surface area contributed by atoms with Gasteiger partial charge in [0.1, 0.15) is 10.7 Å². The smallest absolute Gasteiger partial charge is 0.356 e. The molecule has 0 atom stereocenters. The van der Waals surface area contributed by atoms with Crippen LogP contribution in [0.1, 0.15) is 5.56 Å². The molecule has 1 heterocycles. The average molecular weight is 229 g/mol. The van der Waals surface area contributed by atoms with Crippen LogP contribution < -0.4 is 0 Å². The van der Waals surface area contributed by atoms with Crippen LogP contribution in [0.3, 0.4) is 0 Å². The SMILES string of the molecule is O=C(O)C1=NS(=O)(=O)c2cc(F)ccc21. The summed E-state index contributed by atoms with van der Waals surface area (Å²) in [4.78, 5) is 10.2. The van der Waals surface area contributed by atoms with Gasteiger partial charge in [0.25, 0.3) is 10.0 Å². The van der Waals surface area contributed by atoms with E-state index >= 15 is 0 Å². The van der Waals surface area contributed by atoms with Crippen molar-refractivity contribution >= 4 is 21.7 Å². The van der Waals surface area contributed by atoms with Gasteiger partial charge in [-0.1, -0.05) is 0 Å². The molecule has 0 unspecified atom stereocenters. The van der Waals surface area contributed by atoms with Gasteiger partial charge >= 0.3 is 5.97 Å². The van der Waals surface area contributed by atoms with Gasteiger partial charge in [0, 0.05) is 5.56 Å². The number of sulfonamides is 1. The molecule has 0 aliphatic carbocycles. The number of nitrogens with zero attached hydrogens (tertiary/aromatic N) is 1. The lowest BCUT2D eigenvalue weighted by Gasteiger charge is -1.97. The summed E-state index contributed by atoms with van der Waals surface area (Å²) in [5.74, 6) is -2.21. The Balaban J connectivity index is 2.79. The van der Waals surface area contributed by atoms with Crippen LogP contribution in [0.2, 0.25) is 0 Å². The van der Waals surface area contributed by atoms with E-state index in [2.05, 4.69) is 4.40 Å². The molecule has 1 aliphatic rings. The summed E-state index contributed by atoms with van der Waals surface area (Å²) in [5, 5.41) is 8.67. The van der Waals surface area contributed by atoms with Crippen molar-refractivity contribution in [3.8, 4) is 0 Å². The maximum Gasteiger partial charge on any atom is 0.356 e. The lowest BCUT2D eigenvalue weighted by Crippen LogP contribution is -2.11. The molecule has 2 rings (SSSR count). The maximum atomic E-state index is 12.8. The fraction of sp³-hybridized carbons (Fsp3) is 0. The molecule has 0 saturated carbocycles. The number of fused-ring (bicyclic) bond motifs is 1. The molecule has 0 amide bonds. The first-order chi connectivity index (χ1) is 6.92. The van der Waals surface area contributed by atoms with Crippen molar-refractivity contribution in [3.63, 3.8) is 0 Å². The van der Waals surface area contributed by atoms with E-state index in [1.54, 1.807) is 0 Å². The summed E-state index contributed by atoms with van der Waals surface area (Å²) in [5.41, 5.74) is -0.658. The number of benzene rings is 1. The van der Waals surface area contributed by atoms with Crippen LogP contribution in [-0.4, -0.2) is 25.2 Å². The third-order valence-electron chi connectivity index (χ3n) is 1.89. The fourth-order valence-electron chi connectivity index (χ4n) is 1.28. The van der Waals surface area contributed by atoms with Crippen molar-refractivity contribution in [2.45, 2.75) is 4.90 Å². The lowest BCUT2D eigenvalue weighted by molar-refractivity contribution is -0.129. The Morgan fingerprint density at radius 2 is 2.07 bits per heavy atom. The number of hydrogen-bond acceptors (Lipinski definition) is 3. The average Bonchev–Trinajstić information content (AvgIpc) is 2.39. The van der Waals surface area contributed by atoms with Gasteiger partial charge in [-0.15, -0.1) is 0 Å². The van der Waals surface area contributed by atoms with E-state index in [9.17, 15) is 17.6 Å². The van der Waals surface area contributed by atoms with Crippen molar-refractivity contribution in [2.24, 2.45) is 4.40 Å². The van der Waals surface area contributed by atoms with E-state index in [1.165, 1.54) is 0 Å². The van der Waals surface area contributed by atoms with E-state index in [0.29, 0.717) is 0 Å². The number of carboxylic acids is 1. The van der Waals surface area contributed by atoms with E-state index in [1.807, 2.05) is 0 Å². The zero-order chi connectivity index (χ0) is 11.2. The standard InChI is InChI=1S/C8H4FNO4S/c9-4-1-2-5-6(3-4)15(13,14)10-7(5)8(11)12/h1-3H,(H,11,12). The van der Waals surface area contributed by atoms with Crippen molar-refractivity contribution in [3.05, 3.63) is 29.6 Å². The van der Waals surface area contributed by atoms with Crippen LogP contribution in [0.5, 0.6) is 0 Å². The third-order valence-corrected chi connectivity index (χ3v) is 3.21. The highest BCUT2D eigenvalue weighted by Gasteiger charge is 2.32. The van der Waals surface area contributed by atoms with Crippen LogP contribution in [0.25, 0.3) is 0 Å². The number of carboxylic acid groups (broad SMARTS) is 1. The molecule has 1 aromatic carbocycles. The second kappa shape index (κ2) is 2.86.